The fourth-order valence-corrected chi connectivity index (χ4v) is 1.45. The molecule has 1 aromatic rings. The molecule has 1 rings (SSSR count). The quantitative estimate of drug-likeness (QED) is 0.755. The first-order chi connectivity index (χ1) is 8.11. The van der Waals surface area contributed by atoms with E-state index in [0.717, 1.165) is 5.56 Å². The summed E-state index contributed by atoms with van der Waals surface area (Å²) >= 11 is 0. The second kappa shape index (κ2) is 6.98. The Hall–Kier alpha value is -1.46. The SMILES string of the molecule is CN(CC(=O)NCCO)Cc1ccc(F)cc1. The topological polar surface area (TPSA) is 52.6 Å². The number of halogens is 1. The molecule has 0 saturated heterocycles. The largest absolute Gasteiger partial charge is 0.395 e. The number of hydrogen-bond acceptors (Lipinski definition) is 3. The molecule has 5 heteroatoms. The van der Waals surface area contributed by atoms with Crippen molar-refractivity contribution in [2.75, 3.05) is 26.7 Å². The highest BCUT2D eigenvalue weighted by Gasteiger charge is 2.06. The minimum Gasteiger partial charge on any atom is -0.395 e. The summed E-state index contributed by atoms with van der Waals surface area (Å²) in [6, 6.07) is 6.18. The van der Waals surface area contributed by atoms with Crippen molar-refractivity contribution in [3.8, 4) is 0 Å². The minimum atomic E-state index is -0.267. The van der Waals surface area contributed by atoms with Crippen molar-refractivity contribution >= 4 is 5.91 Å². The number of carbonyl (C=O) groups excluding carboxylic acids is 1. The van der Waals surface area contributed by atoms with E-state index in [1.54, 1.807) is 12.1 Å². The Labute approximate surface area is 100 Å². The zero-order valence-corrected chi connectivity index (χ0v) is 9.82. The van der Waals surface area contributed by atoms with Gasteiger partial charge in [-0.2, -0.15) is 0 Å². The van der Waals surface area contributed by atoms with Crippen molar-refractivity contribution in [3.63, 3.8) is 0 Å². The molecule has 1 amide bonds. The number of amides is 1. The Morgan fingerprint density at radius 1 is 1.41 bits per heavy atom. The zero-order chi connectivity index (χ0) is 12.7. The number of nitrogens with zero attached hydrogens (tertiary/aromatic N) is 1. The maximum Gasteiger partial charge on any atom is 0.234 e. The van der Waals surface area contributed by atoms with Crippen LogP contribution in [0.2, 0.25) is 0 Å². The van der Waals surface area contributed by atoms with Crippen LogP contribution in [0.1, 0.15) is 5.56 Å². The summed E-state index contributed by atoms with van der Waals surface area (Å²) in [5.74, 6) is -0.402. The molecule has 94 valence electrons. The Morgan fingerprint density at radius 3 is 2.65 bits per heavy atom. The van der Waals surface area contributed by atoms with Crippen LogP contribution in [-0.4, -0.2) is 42.7 Å². The van der Waals surface area contributed by atoms with E-state index in [9.17, 15) is 9.18 Å². The van der Waals surface area contributed by atoms with Crippen molar-refractivity contribution in [1.29, 1.82) is 0 Å². The lowest BCUT2D eigenvalue weighted by atomic mass is 10.2. The molecule has 0 spiro atoms. The lowest BCUT2D eigenvalue weighted by molar-refractivity contribution is -0.122. The number of hydrogen-bond donors (Lipinski definition) is 2. The van der Waals surface area contributed by atoms with Gasteiger partial charge < -0.3 is 10.4 Å². The van der Waals surface area contributed by atoms with Crippen molar-refractivity contribution in [2.45, 2.75) is 6.54 Å². The third-order valence-corrected chi connectivity index (χ3v) is 2.21. The van der Waals surface area contributed by atoms with E-state index in [1.165, 1.54) is 12.1 Å². The van der Waals surface area contributed by atoms with Crippen LogP contribution in [0.15, 0.2) is 24.3 Å². The first-order valence-corrected chi connectivity index (χ1v) is 5.42. The van der Waals surface area contributed by atoms with Crippen LogP contribution in [0.25, 0.3) is 0 Å². The summed E-state index contributed by atoms with van der Waals surface area (Å²) in [7, 11) is 1.81. The van der Waals surface area contributed by atoms with Gasteiger partial charge in [0.1, 0.15) is 5.82 Å². The monoisotopic (exact) mass is 240 g/mol. The Bertz CT molecular complexity index is 354. The molecule has 0 heterocycles. The average Bonchev–Trinajstić information content (AvgIpc) is 2.29. The second-order valence-corrected chi connectivity index (χ2v) is 3.87. The molecule has 0 aliphatic carbocycles. The molecule has 0 radical (unpaired) electrons. The van der Waals surface area contributed by atoms with Gasteiger partial charge in [-0.1, -0.05) is 12.1 Å². The van der Waals surface area contributed by atoms with Gasteiger partial charge in [-0.25, -0.2) is 4.39 Å². The minimum absolute atomic E-state index is 0.0621. The highest BCUT2D eigenvalue weighted by molar-refractivity contribution is 5.77. The number of likely N-dealkylation sites (N-methyl/N-ethyl adjacent to an activating group) is 1. The molecule has 2 N–H and O–H groups in total. The van der Waals surface area contributed by atoms with Gasteiger partial charge in [0.25, 0.3) is 0 Å². The summed E-state index contributed by atoms with van der Waals surface area (Å²) in [6.45, 7) is 1.03. The summed E-state index contributed by atoms with van der Waals surface area (Å²) < 4.78 is 12.7. The molecule has 0 atom stereocenters. The summed E-state index contributed by atoms with van der Waals surface area (Å²) in [5.41, 5.74) is 0.948. The van der Waals surface area contributed by atoms with Crippen molar-refractivity contribution < 1.29 is 14.3 Å². The van der Waals surface area contributed by atoms with E-state index in [1.807, 2.05) is 11.9 Å². The van der Waals surface area contributed by atoms with E-state index >= 15 is 0 Å². The zero-order valence-electron chi connectivity index (χ0n) is 9.82. The number of rotatable bonds is 6. The highest BCUT2D eigenvalue weighted by atomic mass is 19.1. The molecule has 0 fully saturated rings. The van der Waals surface area contributed by atoms with Gasteiger partial charge in [0.15, 0.2) is 0 Å². The van der Waals surface area contributed by atoms with Crippen LogP contribution in [-0.2, 0) is 11.3 Å². The van der Waals surface area contributed by atoms with Gasteiger partial charge in [0.05, 0.1) is 13.2 Å². The molecule has 0 saturated carbocycles. The average molecular weight is 240 g/mol. The van der Waals surface area contributed by atoms with Crippen LogP contribution >= 0.6 is 0 Å². The van der Waals surface area contributed by atoms with Gasteiger partial charge in [0.2, 0.25) is 5.91 Å². The molecule has 17 heavy (non-hydrogen) atoms. The van der Waals surface area contributed by atoms with E-state index in [-0.39, 0.29) is 31.4 Å². The van der Waals surface area contributed by atoms with Gasteiger partial charge in [0, 0.05) is 13.1 Å². The van der Waals surface area contributed by atoms with Gasteiger partial charge >= 0.3 is 0 Å². The van der Waals surface area contributed by atoms with Crippen LogP contribution in [0.5, 0.6) is 0 Å². The fraction of sp³-hybridized carbons (Fsp3) is 0.417. The van der Waals surface area contributed by atoms with Crippen molar-refractivity contribution in [2.24, 2.45) is 0 Å². The number of benzene rings is 1. The van der Waals surface area contributed by atoms with Gasteiger partial charge in [-0.15, -0.1) is 0 Å². The molecule has 0 aliphatic rings. The van der Waals surface area contributed by atoms with Crippen LogP contribution < -0.4 is 5.32 Å². The Morgan fingerprint density at radius 2 is 2.06 bits per heavy atom. The first kappa shape index (κ1) is 13.6. The van der Waals surface area contributed by atoms with E-state index in [2.05, 4.69) is 5.32 Å². The van der Waals surface area contributed by atoms with E-state index in [0.29, 0.717) is 6.54 Å². The maximum absolute atomic E-state index is 12.7. The first-order valence-electron chi connectivity index (χ1n) is 5.42. The number of aliphatic hydroxyl groups is 1. The standard InChI is InChI=1S/C12H17FN2O2/c1-15(9-12(17)14-6-7-16)8-10-2-4-11(13)5-3-10/h2-5,16H,6-9H2,1H3,(H,14,17). The third-order valence-electron chi connectivity index (χ3n) is 2.21. The summed E-state index contributed by atoms with van der Waals surface area (Å²) in [4.78, 5) is 13.2. The van der Waals surface area contributed by atoms with Crippen LogP contribution in [0, 0.1) is 5.82 Å². The Kier molecular flexibility index (Phi) is 5.59. The fourth-order valence-electron chi connectivity index (χ4n) is 1.45. The predicted molar refractivity (Wildman–Crippen MR) is 62.8 cm³/mol. The highest BCUT2D eigenvalue weighted by Crippen LogP contribution is 2.05. The smallest absolute Gasteiger partial charge is 0.234 e. The van der Waals surface area contributed by atoms with Crippen molar-refractivity contribution in [3.05, 3.63) is 35.6 Å². The second-order valence-electron chi connectivity index (χ2n) is 3.87. The molecular weight excluding hydrogens is 223 g/mol. The lowest BCUT2D eigenvalue weighted by Crippen LogP contribution is -2.36. The molecular formula is C12H17FN2O2. The van der Waals surface area contributed by atoms with E-state index < -0.39 is 0 Å². The van der Waals surface area contributed by atoms with Gasteiger partial charge in [-0.05, 0) is 24.7 Å². The Balaban J connectivity index is 2.36. The molecule has 0 unspecified atom stereocenters. The van der Waals surface area contributed by atoms with Crippen molar-refractivity contribution in [1.82, 2.24) is 10.2 Å². The molecule has 0 aromatic heterocycles. The lowest BCUT2D eigenvalue weighted by Gasteiger charge is -2.16. The molecule has 0 bridgehead atoms. The predicted octanol–water partition coefficient (Wildman–Crippen LogP) is 0.366. The molecule has 1 aromatic carbocycles. The summed E-state index contributed by atoms with van der Waals surface area (Å²) in [6.07, 6.45) is 0. The third kappa shape index (κ3) is 5.42. The van der Waals surface area contributed by atoms with Crippen LogP contribution in [0.3, 0.4) is 0 Å². The maximum atomic E-state index is 12.7. The summed E-state index contributed by atoms with van der Waals surface area (Å²) in [5, 5.41) is 11.1. The van der Waals surface area contributed by atoms with Gasteiger partial charge in [-0.3, -0.25) is 9.69 Å². The normalized spacial score (nSPS) is 10.6. The molecule has 0 aliphatic heterocycles. The molecule has 4 nitrogen and oxygen atoms in total. The van der Waals surface area contributed by atoms with Crippen LogP contribution in [0.4, 0.5) is 4.39 Å². The number of nitrogens with one attached hydrogen (secondary N) is 1. The number of carbonyl (C=O) groups is 1. The van der Waals surface area contributed by atoms with E-state index in [4.69, 9.17) is 5.11 Å². The number of aliphatic hydroxyl groups excluding tert-OH is 1.